The van der Waals surface area contributed by atoms with Crippen LogP contribution in [-0.4, -0.2) is 57.6 Å². The number of nitrogens with zero attached hydrogens (tertiary/aromatic N) is 4. The molecule has 0 spiro atoms. The van der Waals surface area contributed by atoms with Gasteiger partial charge in [0.1, 0.15) is 0 Å². The maximum atomic E-state index is 12.2. The lowest BCUT2D eigenvalue weighted by molar-refractivity contribution is -0.135. The fourth-order valence-corrected chi connectivity index (χ4v) is 2.66. The number of carbonyl (C=O) groups excluding carboxylic acids is 2. The molecule has 1 saturated heterocycles. The van der Waals surface area contributed by atoms with Crippen molar-refractivity contribution in [3.05, 3.63) is 54.4 Å². The molecule has 0 radical (unpaired) electrons. The van der Waals surface area contributed by atoms with Gasteiger partial charge in [0.25, 0.3) is 0 Å². The zero-order valence-electron chi connectivity index (χ0n) is 13.6. The van der Waals surface area contributed by atoms with Gasteiger partial charge in [0.2, 0.25) is 11.8 Å². The number of hydrogen-bond acceptors (Lipinski definition) is 3. The summed E-state index contributed by atoms with van der Waals surface area (Å²) in [5, 5.41) is 4.30. The lowest BCUT2D eigenvalue weighted by Crippen LogP contribution is -2.49. The number of benzene rings is 1. The van der Waals surface area contributed by atoms with E-state index in [2.05, 4.69) is 5.10 Å². The van der Waals surface area contributed by atoms with Gasteiger partial charge < -0.3 is 9.80 Å². The number of hydrogen-bond donors (Lipinski definition) is 0. The van der Waals surface area contributed by atoms with E-state index in [4.69, 9.17) is 0 Å². The van der Waals surface area contributed by atoms with Crippen LogP contribution in [0.3, 0.4) is 0 Å². The van der Waals surface area contributed by atoms with E-state index >= 15 is 0 Å². The first-order valence-electron chi connectivity index (χ1n) is 7.96. The van der Waals surface area contributed by atoms with Crippen molar-refractivity contribution in [2.75, 3.05) is 26.2 Å². The third-order valence-electron chi connectivity index (χ3n) is 4.08. The standard InChI is InChI=1S/C18H20N4O2/c1-15(23)20-9-11-21(12-10-20)18(24)8-7-16-13-19-22(14-16)17-5-3-2-4-6-17/h2-8,13-14H,9-12H2,1H3/b8-7-. The molecule has 3 rings (SSSR count). The lowest BCUT2D eigenvalue weighted by Gasteiger charge is -2.33. The Morgan fingerprint density at radius 3 is 2.38 bits per heavy atom. The van der Waals surface area contributed by atoms with Crippen LogP contribution in [0.15, 0.2) is 48.8 Å². The van der Waals surface area contributed by atoms with Crippen molar-refractivity contribution in [1.29, 1.82) is 0 Å². The molecule has 1 aromatic carbocycles. The second-order valence-corrected chi connectivity index (χ2v) is 5.72. The first kappa shape index (κ1) is 16.0. The average molecular weight is 324 g/mol. The molecule has 124 valence electrons. The molecule has 1 fully saturated rings. The average Bonchev–Trinajstić information content (AvgIpc) is 3.09. The molecule has 1 aliphatic rings. The van der Waals surface area contributed by atoms with E-state index in [-0.39, 0.29) is 11.8 Å². The molecule has 6 nitrogen and oxygen atoms in total. The largest absolute Gasteiger partial charge is 0.339 e. The fraction of sp³-hybridized carbons (Fsp3) is 0.278. The molecule has 0 aliphatic carbocycles. The van der Waals surface area contributed by atoms with Crippen LogP contribution in [-0.2, 0) is 9.59 Å². The number of piperazine rings is 1. The summed E-state index contributed by atoms with van der Waals surface area (Å²) in [7, 11) is 0. The predicted molar refractivity (Wildman–Crippen MR) is 91.4 cm³/mol. The number of amides is 2. The highest BCUT2D eigenvalue weighted by atomic mass is 16.2. The van der Waals surface area contributed by atoms with Gasteiger partial charge in [-0.25, -0.2) is 4.68 Å². The third-order valence-corrected chi connectivity index (χ3v) is 4.08. The van der Waals surface area contributed by atoms with Crippen LogP contribution in [0.4, 0.5) is 0 Å². The predicted octanol–water partition coefficient (Wildman–Crippen LogP) is 1.58. The molecule has 2 aromatic rings. The van der Waals surface area contributed by atoms with Crippen LogP contribution < -0.4 is 0 Å². The normalized spacial score (nSPS) is 15.0. The highest BCUT2D eigenvalue weighted by Gasteiger charge is 2.20. The Hall–Kier alpha value is -2.89. The van der Waals surface area contributed by atoms with Gasteiger partial charge >= 0.3 is 0 Å². The Morgan fingerprint density at radius 2 is 1.71 bits per heavy atom. The summed E-state index contributed by atoms with van der Waals surface area (Å²) in [5.41, 5.74) is 1.85. The van der Waals surface area contributed by atoms with E-state index in [1.807, 2.05) is 36.5 Å². The molecular formula is C18H20N4O2. The molecule has 0 bridgehead atoms. The maximum absolute atomic E-state index is 12.2. The number of para-hydroxylation sites is 1. The Bertz CT molecular complexity index is 743. The number of aromatic nitrogens is 2. The van der Waals surface area contributed by atoms with Crippen molar-refractivity contribution in [3.8, 4) is 5.69 Å². The van der Waals surface area contributed by atoms with Crippen LogP contribution in [0.25, 0.3) is 11.8 Å². The van der Waals surface area contributed by atoms with Crippen LogP contribution in [0, 0.1) is 0 Å². The topological polar surface area (TPSA) is 58.4 Å². The highest BCUT2D eigenvalue weighted by Crippen LogP contribution is 2.09. The summed E-state index contributed by atoms with van der Waals surface area (Å²) < 4.78 is 1.77. The van der Waals surface area contributed by atoms with Crippen LogP contribution in [0.5, 0.6) is 0 Å². The molecule has 1 aromatic heterocycles. The molecule has 1 aliphatic heterocycles. The third kappa shape index (κ3) is 3.71. The first-order chi connectivity index (χ1) is 11.6. The summed E-state index contributed by atoms with van der Waals surface area (Å²) in [4.78, 5) is 27.1. The summed E-state index contributed by atoms with van der Waals surface area (Å²) in [6, 6.07) is 9.81. The minimum absolute atomic E-state index is 0.0364. The minimum Gasteiger partial charge on any atom is -0.339 e. The molecule has 0 unspecified atom stereocenters. The van der Waals surface area contributed by atoms with E-state index in [0.717, 1.165) is 11.3 Å². The van der Waals surface area contributed by atoms with Crippen molar-refractivity contribution in [3.63, 3.8) is 0 Å². The second kappa shape index (κ2) is 7.12. The maximum Gasteiger partial charge on any atom is 0.246 e. The monoisotopic (exact) mass is 324 g/mol. The van der Waals surface area contributed by atoms with Gasteiger partial charge in [-0.3, -0.25) is 9.59 Å². The molecule has 2 amide bonds. The van der Waals surface area contributed by atoms with Crippen LogP contribution in [0.1, 0.15) is 12.5 Å². The van der Waals surface area contributed by atoms with Crippen molar-refractivity contribution >= 4 is 17.9 Å². The smallest absolute Gasteiger partial charge is 0.246 e. The van der Waals surface area contributed by atoms with E-state index in [0.29, 0.717) is 26.2 Å². The van der Waals surface area contributed by atoms with Crippen molar-refractivity contribution < 1.29 is 9.59 Å². The molecule has 6 heteroatoms. The molecule has 2 heterocycles. The number of carbonyl (C=O) groups is 2. The molecule has 0 atom stereocenters. The van der Waals surface area contributed by atoms with Gasteiger partial charge in [-0.1, -0.05) is 18.2 Å². The van der Waals surface area contributed by atoms with Gasteiger partial charge in [0.15, 0.2) is 0 Å². The van der Waals surface area contributed by atoms with Gasteiger partial charge in [-0.15, -0.1) is 0 Å². The molecule has 0 saturated carbocycles. The quantitative estimate of drug-likeness (QED) is 0.806. The van der Waals surface area contributed by atoms with Gasteiger partial charge in [0, 0.05) is 50.9 Å². The van der Waals surface area contributed by atoms with E-state index in [1.165, 1.54) is 0 Å². The highest BCUT2D eigenvalue weighted by molar-refractivity contribution is 5.91. The second-order valence-electron chi connectivity index (χ2n) is 5.72. The fourth-order valence-electron chi connectivity index (χ4n) is 2.66. The van der Waals surface area contributed by atoms with E-state index in [9.17, 15) is 9.59 Å². The minimum atomic E-state index is -0.0364. The SMILES string of the molecule is CC(=O)N1CCN(C(=O)/C=C\c2cnn(-c3ccccc3)c2)CC1. The lowest BCUT2D eigenvalue weighted by atomic mass is 10.2. The Morgan fingerprint density at radius 1 is 1.04 bits per heavy atom. The first-order valence-corrected chi connectivity index (χ1v) is 7.96. The van der Waals surface area contributed by atoms with E-state index in [1.54, 1.807) is 39.8 Å². The van der Waals surface area contributed by atoms with Crippen LogP contribution in [0.2, 0.25) is 0 Å². The van der Waals surface area contributed by atoms with Gasteiger partial charge in [-0.2, -0.15) is 5.10 Å². The van der Waals surface area contributed by atoms with Crippen molar-refractivity contribution in [2.24, 2.45) is 0 Å². The molecule has 24 heavy (non-hydrogen) atoms. The van der Waals surface area contributed by atoms with Gasteiger partial charge in [-0.05, 0) is 18.2 Å². The number of rotatable bonds is 3. The Kier molecular flexibility index (Phi) is 4.74. The van der Waals surface area contributed by atoms with E-state index < -0.39 is 0 Å². The zero-order valence-corrected chi connectivity index (χ0v) is 13.6. The summed E-state index contributed by atoms with van der Waals surface area (Å²) in [6.45, 7) is 3.90. The van der Waals surface area contributed by atoms with Crippen molar-refractivity contribution in [1.82, 2.24) is 19.6 Å². The summed E-state index contributed by atoms with van der Waals surface area (Å²) in [6.07, 6.45) is 6.94. The molecule has 0 N–H and O–H groups in total. The Labute approximate surface area is 141 Å². The zero-order chi connectivity index (χ0) is 16.9. The summed E-state index contributed by atoms with van der Waals surface area (Å²) >= 11 is 0. The van der Waals surface area contributed by atoms with Crippen LogP contribution >= 0.6 is 0 Å². The molecular weight excluding hydrogens is 304 g/mol. The summed E-state index contributed by atoms with van der Waals surface area (Å²) in [5.74, 6) is 0.0247. The van der Waals surface area contributed by atoms with Gasteiger partial charge in [0.05, 0.1) is 11.9 Å². The Balaban J connectivity index is 1.59. The van der Waals surface area contributed by atoms with Crippen molar-refractivity contribution in [2.45, 2.75) is 6.92 Å².